The molecule has 0 bridgehead atoms. The fourth-order valence-corrected chi connectivity index (χ4v) is 2.62. The Bertz CT molecular complexity index is 384. The lowest BCUT2D eigenvalue weighted by Gasteiger charge is -2.34. The van der Waals surface area contributed by atoms with Gasteiger partial charge in [-0.1, -0.05) is 26.7 Å². The predicted octanol–water partition coefficient (Wildman–Crippen LogP) is 0.997. The molecule has 0 saturated heterocycles. The summed E-state index contributed by atoms with van der Waals surface area (Å²) in [5, 5.41) is 5.43. The second-order valence-electron chi connectivity index (χ2n) is 5.79. The SMILES string of the molecule is COC(=O)CNC(=O)CCC(=O)N[C@@H]1CCC[C@H](C)[C@H]1C. The summed E-state index contributed by atoms with van der Waals surface area (Å²) in [6, 6.07) is 0.208. The van der Waals surface area contributed by atoms with Crippen molar-refractivity contribution in [2.24, 2.45) is 11.8 Å². The Balaban J connectivity index is 2.24. The Kier molecular flexibility index (Phi) is 7.19. The molecule has 6 nitrogen and oxygen atoms in total. The Morgan fingerprint density at radius 3 is 2.43 bits per heavy atom. The maximum atomic E-state index is 11.9. The van der Waals surface area contributed by atoms with Crippen molar-refractivity contribution in [3.8, 4) is 0 Å². The molecular weight excluding hydrogens is 272 g/mol. The lowest BCUT2D eigenvalue weighted by atomic mass is 9.78. The van der Waals surface area contributed by atoms with Gasteiger partial charge in [-0.05, 0) is 18.3 Å². The largest absolute Gasteiger partial charge is 0.468 e. The monoisotopic (exact) mass is 298 g/mol. The van der Waals surface area contributed by atoms with Gasteiger partial charge in [0.25, 0.3) is 0 Å². The molecule has 2 amide bonds. The standard InChI is InChI=1S/C15H26N2O4/c1-10-5-4-6-12(11(10)2)17-14(19)8-7-13(18)16-9-15(20)21-3/h10-12H,4-9H2,1-3H3,(H,16,18)(H,17,19)/t10-,11+,12+/m0/s1. The molecule has 21 heavy (non-hydrogen) atoms. The first kappa shape index (κ1) is 17.5. The van der Waals surface area contributed by atoms with Gasteiger partial charge in [0.1, 0.15) is 6.54 Å². The molecule has 1 aliphatic rings. The number of hydrogen-bond acceptors (Lipinski definition) is 4. The highest BCUT2D eigenvalue weighted by atomic mass is 16.5. The summed E-state index contributed by atoms with van der Waals surface area (Å²) in [6.07, 6.45) is 3.58. The van der Waals surface area contributed by atoms with E-state index >= 15 is 0 Å². The van der Waals surface area contributed by atoms with Crippen molar-refractivity contribution in [2.75, 3.05) is 13.7 Å². The van der Waals surface area contributed by atoms with E-state index in [0.717, 1.165) is 12.8 Å². The first-order valence-corrected chi connectivity index (χ1v) is 7.57. The van der Waals surface area contributed by atoms with Gasteiger partial charge < -0.3 is 15.4 Å². The Labute approximate surface area is 126 Å². The molecule has 3 atom stereocenters. The molecule has 1 fully saturated rings. The number of ether oxygens (including phenoxy) is 1. The highest BCUT2D eigenvalue weighted by Gasteiger charge is 2.28. The molecular formula is C15H26N2O4. The van der Waals surface area contributed by atoms with Crippen molar-refractivity contribution in [1.82, 2.24) is 10.6 Å². The average Bonchev–Trinajstić information content (AvgIpc) is 2.47. The highest BCUT2D eigenvalue weighted by Crippen LogP contribution is 2.29. The normalized spacial score (nSPS) is 25.0. The third-order valence-corrected chi connectivity index (χ3v) is 4.29. The molecule has 1 rings (SSSR count). The molecule has 0 unspecified atom stereocenters. The maximum Gasteiger partial charge on any atom is 0.325 e. The highest BCUT2D eigenvalue weighted by molar-refractivity contribution is 5.86. The van der Waals surface area contributed by atoms with Crippen LogP contribution in [0.3, 0.4) is 0 Å². The Morgan fingerprint density at radius 1 is 1.10 bits per heavy atom. The van der Waals surface area contributed by atoms with Gasteiger partial charge in [0.15, 0.2) is 0 Å². The third kappa shape index (κ3) is 6.14. The smallest absolute Gasteiger partial charge is 0.325 e. The van der Waals surface area contributed by atoms with Gasteiger partial charge in [0.05, 0.1) is 7.11 Å². The van der Waals surface area contributed by atoms with Crippen LogP contribution in [0.1, 0.15) is 46.0 Å². The van der Waals surface area contributed by atoms with Crippen LogP contribution in [-0.4, -0.2) is 37.5 Å². The molecule has 1 aliphatic carbocycles. The van der Waals surface area contributed by atoms with Gasteiger partial charge in [-0.2, -0.15) is 0 Å². The zero-order valence-electron chi connectivity index (χ0n) is 13.1. The van der Waals surface area contributed by atoms with Gasteiger partial charge in [0, 0.05) is 18.9 Å². The van der Waals surface area contributed by atoms with Crippen LogP contribution in [0, 0.1) is 11.8 Å². The Morgan fingerprint density at radius 2 is 1.76 bits per heavy atom. The number of hydrogen-bond donors (Lipinski definition) is 2. The number of carbonyl (C=O) groups excluding carboxylic acids is 3. The first-order chi connectivity index (χ1) is 9.93. The summed E-state index contributed by atoms with van der Waals surface area (Å²) in [7, 11) is 1.26. The zero-order chi connectivity index (χ0) is 15.8. The third-order valence-electron chi connectivity index (χ3n) is 4.29. The van der Waals surface area contributed by atoms with E-state index in [1.165, 1.54) is 13.5 Å². The molecule has 120 valence electrons. The van der Waals surface area contributed by atoms with Crippen LogP contribution in [0.5, 0.6) is 0 Å². The molecule has 0 heterocycles. The van der Waals surface area contributed by atoms with E-state index in [1.807, 2.05) is 0 Å². The van der Waals surface area contributed by atoms with Crippen LogP contribution in [0.2, 0.25) is 0 Å². The summed E-state index contributed by atoms with van der Waals surface area (Å²) in [6.45, 7) is 4.22. The number of amides is 2. The number of methoxy groups -OCH3 is 1. The number of carbonyl (C=O) groups is 3. The first-order valence-electron chi connectivity index (χ1n) is 7.57. The van der Waals surface area contributed by atoms with Crippen molar-refractivity contribution >= 4 is 17.8 Å². The predicted molar refractivity (Wildman–Crippen MR) is 78.4 cm³/mol. The van der Waals surface area contributed by atoms with Crippen LogP contribution in [0.4, 0.5) is 0 Å². The van der Waals surface area contributed by atoms with Crippen molar-refractivity contribution in [3.05, 3.63) is 0 Å². The summed E-state index contributed by atoms with van der Waals surface area (Å²) < 4.78 is 4.42. The minimum Gasteiger partial charge on any atom is -0.468 e. The zero-order valence-corrected chi connectivity index (χ0v) is 13.1. The molecule has 0 aromatic carbocycles. The number of nitrogens with one attached hydrogen (secondary N) is 2. The van der Waals surface area contributed by atoms with E-state index in [9.17, 15) is 14.4 Å². The topological polar surface area (TPSA) is 84.5 Å². The summed E-state index contributed by atoms with van der Waals surface area (Å²) in [4.78, 5) is 34.2. The van der Waals surface area contributed by atoms with Gasteiger partial charge in [-0.25, -0.2) is 0 Å². The molecule has 0 aromatic heterocycles. The second kappa shape index (κ2) is 8.64. The fraction of sp³-hybridized carbons (Fsp3) is 0.800. The molecule has 0 aliphatic heterocycles. The molecule has 1 saturated carbocycles. The number of esters is 1. The van der Waals surface area contributed by atoms with E-state index in [4.69, 9.17) is 0 Å². The van der Waals surface area contributed by atoms with E-state index in [-0.39, 0.29) is 37.2 Å². The molecule has 6 heteroatoms. The summed E-state index contributed by atoms with van der Waals surface area (Å²) >= 11 is 0. The fourth-order valence-electron chi connectivity index (χ4n) is 2.62. The lowest BCUT2D eigenvalue weighted by molar-refractivity contribution is -0.141. The van der Waals surface area contributed by atoms with Gasteiger partial charge >= 0.3 is 5.97 Å². The van der Waals surface area contributed by atoms with E-state index < -0.39 is 5.97 Å². The van der Waals surface area contributed by atoms with Crippen LogP contribution >= 0.6 is 0 Å². The van der Waals surface area contributed by atoms with Crippen molar-refractivity contribution in [2.45, 2.75) is 52.0 Å². The van der Waals surface area contributed by atoms with Crippen LogP contribution in [-0.2, 0) is 19.1 Å². The van der Waals surface area contributed by atoms with Gasteiger partial charge in [-0.3, -0.25) is 14.4 Å². The molecule has 0 aromatic rings. The number of rotatable bonds is 6. The van der Waals surface area contributed by atoms with E-state index in [2.05, 4.69) is 29.2 Å². The van der Waals surface area contributed by atoms with Crippen LogP contribution < -0.4 is 10.6 Å². The van der Waals surface area contributed by atoms with Gasteiger partial charge in [0.2, 0.25) is 11.8 Å². The minimum absolute atomic E-state index is 0.0828. The van der Waals surface area contributed by atoms with Crippen molar-refractivity contribution < 1.29 is 19.1 Å². The minimum atomic E-state index is -0.502. The summed E-state index contributed by atoms with van der Waals surface area (Å²) in [5.74, 6) is 0.163. The van der Waals surface area contributed by atoms with Crippen molar-refractivity contribution in [3.63, 3.8) is 0 Å². The van der Waals surface area contributed by atoms with Crippen LogP contribution in [0.15, 0.2) is 0 Å². The van der Waals surface area contributed by atoms with Gasteiger partial charge in [-0.15, -0.1) is 0 Å². The molecule has 0 radical (unpaired) electrons. The Hall–Kier alpha value is -1.59. The van der Waals surface area contributed by atoms with Crippen LogP contribution in [0.25, 0.3) is 0 Å². The summed E-state index contributed by atoms with van der Waals surface area (Å²) in [5.41, 5.74) is 0. The molecule has 2 N–H and O–H groups in total. The average molecular weight is 298 g/mol. The quantitative estimate of drug-likeness (QED) is 0.716. The lowest BCUT2D eigenvalue weighted by Crippen LogP contribution is -2.44. The maximum absolute atomic E-state index is 11.9. The van der Waals surface area contributed by atoms with E-state index in [1.54, 1.807) is 0 Å². The van der Waals surface area contributed by atoms with Crippen molar-refractivity contribution in [1.29, 1.82) is 0 Å². The second-order valence-corrected chi connectivity index (χ2v) is 5.79. The van der Waals surface area contributed by atoms with E-state index in [0.29, 0.717) is 11.8 Å². The molecule has 0 spiro atoms.